The smallest absolute Gasteiger partial charge is 0.430 e. The molecule has 0 saturated carbocycles. The summed E-state index contributed by atoms with van der Waals surface area (Å²) in [5, 5.41) is 0. The van der Waals surface area contributed by atoms with Gasteiger partial charge in [-0.25, -0.2) is 13.4 Å². The number of aliphatic imine (C=N–C) groups is 3. The number of benzene rings is 1. The van der Waals surface area contributed by atoms with Crippen LogP contribution in [0.25, 0.3) is 0 Å². The zero-order valence-corrected chi connectivity index (χ0v) is 21.8. The van der Waals surface area contributed by atoms with E-state index in [1.165, 1.54) is 19.2 Å². The second-order valence-electron chi connectivity index (χ2n) is 7.98. The van der Waals surface area contributed by atoms with E-state index >= 15 is 0 Å². The molecule has 0 atom stereocenters. The van der Waals surface area contributed by atoms with Crippen molar-refractivity contribution < 1.29 is 31.1 Å². The van der Waals surface area contributed by atoms with E-state index in [0.717, 1.165) is 6.26 Å². The number of likely N-dealkylation sites (N-methyl/N-ethyl adjacent to an activating group) is 1. The molecule has 2 N–H and O–H groups in total. The van der Waals surface area contributed by atoms with E-state index < -0.39 is 34.2 Å². The first-order valence-electron chi connectivity index (χ1n) is 10.9. The standard InChI is InChI=1S/C23H32F3N5O4S/c1-6-8-18(16-9-7-10-17(13-16)36(5,33)34)30-22(28-2)19(14-20(27)23(24,25)26)29-15-21(32)35-12-11-31(3)4/h7,9-10,13-14H,6,8,11-12,15,27H2,1-5H3. The fraction of sp³-hybridized carbons (Fsp3) is 0.478. The molecule has 0 amide bonds. The van der Waals surface area contributed by atoms with Crippen molar-refractivity contribution in [1.29, 1.82) is 0 Å². The van der Waals surface area contributed by atoms with Gasteiger partial charge in [0.2, 0.25) is 0 Å². The highest BCUT2D eigenvalue weighted by Crippen LogP contribution is 2.21. The number of esters is 1. The number of sulfone groups is 1. The third kappa shape index (κ3) is 10.7. The monoisotopic (exact) mass is 531 g/mol. The molecule has 0 radical (unpaired) electrons. The van der Waals surface area contributed by atoms with E-state index in [9.17, 15) is 26.4 Å². The predicted octanol–water partition coefficient (Wildman–Crippen LogP) is 2.66. The number of ether oxygens (including phenoxy) is 1. The second-order valence-corrected chi connectivity index (χ2v) is 9.99. The van der Waals surface area contributed by atoms with Crippen molar-refractivity contribution in [2.24, 2.45) is 20.7 Å². The summed E-state index contributed by atoms with van der Waals surface area (Å²) < 4.78 is 68.4. The van der Waals surface area contributed by atoms with Gasteiger partial charge in [-0.3, -0.25) is 14.8 Å². The molecule has 36 heavy (non-hydrogen) atoms. The van der Waals surface area contributed by atoms with Gasteiger partial charge in [-0.2, -0.15) is 13.2 Å². The number of nitrogens with two attached hydrogens (primary N) is 1. The van der Waals surface area contributed by atoms with Gasteiger partial charge < -0.3 is 15.4 Å². The molecule has 0 aliphatic carbocycles. The van der Waals surface area contributed by atoms with Crippen LogP contribution in [0.1, 0.15) is 25.3 Å². The van der Waals surface area contributed by atoms with E-state index in [2.05, 4.69) is 15.0 Å². The molecule has 0 fully saturated rings. The van der Waals surface area contributed by atoms with Crippen LogP contribution in [0.4, 0.5) is 13.2 Å². The molecule has 1 aromatic carbocycles. The average molecular weight is 532 g/mol. The molecule has 0 aromatic heterocycles. The third-order valence-corrected chi connectivity index (χ3v) is 5.67. The molecule has 0 aliphatic rings. The summed E-state index contributed by atoms with van der Waals surface area (Å²) >= 11 is 0. The van der Waals surface area contributed by atoms with Crippen LogP contribution < -0.4 is 5.73 Å². The number of halogens is 3. The summed E-state index contributed by atoms with van der Waals surface area (Å²) in [6.07, 6.45) is -2.26. The first-order chi connectivity index (χ1) is 16.7. The maximum Gasteiger partial charge on any atom is 0.430 e. The Kier molecular flexibility index (Phi) is 11.9. The lowest BCUT2D eigenvalue weighted by molar-refractivity contribution is -0.142. The molecule has 0 unspecified atom stereocenters. The lowest BCUT2D eigenvalue weighted by Crippen LogP contribution is -2.24. The van der Waals surface area contributed by atoms with Gasteiger partial charge in [-0.1, -0.05) is 25.5 Å². The van der Waals surface area contributed by atoms with Crippen LogP contribution in [0.15, 0.2) is 55.9 Å². The van der Waals surface area contributed by atoms with Crippen LogP contribution in [0.3, 0.4) is 0 Å². The number of hydrogen-bond donors (Lipinski definition) is 1. The lowest BCUT2D eigenvalue weighted by atomic mass is 10.1. The van der Waals surface area contributed by atoms with Crippen LogP contribution in [-0.4, -0.2) is 89.8 Å². The maximum absolute atomic E-state index is 13.1. The normalized spacial score (nSPS) is 14.4. The molecule has 200 valence electrons. The summed E-state index contributed by atoms with van der Waals surface area (Å²) in [5.41, 5.74) is 4.21. The first kappa shape index (κ1) is 31.0. The molecular formula is C23H32F3N5O4S. The molecule has 1 aromatic rings. The number of carbonyl (C=O) groups excluding carboxylic acids is 1. The quantitative estimate of drug-likeness (QED) is 0.266. The van der Waals surface area contributed by atoms with Gasteiger partial charge >= 0.3 is 12.1 Å². The van der Waals surface area contributed by atoms with Crippen LogP contribution >= 0.6 is 0 Å². The van der Waals surface area contributed by atoms with Gasteiger partial charge in [-0.05, 0) is 44.3 Å². The summed E-state index contributed by atoms with van der Waals surface area (Å²) in [5.74, 6) is -0.959. The molecular weight excluding hydrogens is 499 g/mol. The fourth-order valence-corrected chi connectivity index (χ4v) is 3.37. The Balaban J connectivity index is 3.49. The van der Waals surface area contributed by atoms with E-state index in [0.29, 0.717) is 36.7 Å². The van der Waals surface area contributed by atoms with Gasteiger partial charge in [0, 0.05) is 19.8 Å². The van der Waals surface area contributed by atoms with E-state index in [-0.39, 0.29) is 23.0 Å². The van der Waals surface area contributed by atoms with Gasteiger partial charge in [0.15, 0.2) is 15.7 Å². The summed E-state index contributed by atoms with van der Waals surface area (Å²) in [6, 6.07) is 6.03. The Hall–Kier alpha value is -3.06. The predicted molar refractivity (Wildman–Crippen MR) is 134 cm³/mol. The van der Waals surface area contributed by atoms with E-state index in [1.807, 2.05) is 6.92 Å². The maximum atomic E-state index is 13.1. The zero-order chi connectivity index (χ0) is 27.5. The third-order valence-electron chi connectivity index (χ3n) is 4.56. The molecule has 0 bridgehead atoms. The highest BCUT2D eigenvalue weighted by Gasteiger charge is 2.32. The molecule has 9 nitrogen and oxygen atoms in total. The van der Waals surface area contributed by atoms with Crippen molar-refractivity contribution in [3.05, 3.63) is 41.6 Å². The van der Waals surface area contributed by atoms with Gasteiger partial charge in [0.25, 0.3) is 0 Å². The average Bonchev–Trinajstić information content (AvgIpc) is 2.78. The number of carbonyl (C=O) groups is 1. The minimum absolute atomic E-state index is 0.0642. The number of alkyl halides is 3. The summed E-state index contributed by atoms with van der Waals surface area (Å²) in [4.78, 5) is 26.2. The Bertz CT molecular complexity index is 1140. The zero-order valence-electron chi connectivity index (χ0n) is 21.0. The molecule has 0 aliphatic heterocycles. The number of nitrogens with zero attached hydrogens (tertiary/aromatic N) is 4. The first-order valence-corrected chi connectivity index (χ1v) is 12.8. The van der Waals surface area contributed by atoms with Gasteiger partial charge in [0.05, 0.1) is 10.6 Å². The van der Waals surface area contributed by atoms with Crippen molar-refractivity contribution in [2.75, 3.05) is 47.1 Å². The largest absolute Gasteiger partial charge is 0.463 e. The molecule has 13 heteroatoms. The Morgan fingerprint density at radius 1 is 1.25 bits per heavy atom. The Morgan fingerprint density at radius 3 is 2.44 bits per heavy atom. The van der Waals surface area contributed by atoms with E-state index in [4.69, 9.17) is 10.5 Å². The minimum atomic E-state index is -4.84. The van der Waals surface area contributed by atoms with Gasteiger partial charge in [-0.15, -0.1) is 0 Å². The molecule has 0 heterocycles. The summed E-state index contributed by atoms with van der Waals surface area (Å²) in [6.45, 7) is 1.83. The fourth-order valence-electron chi connectivity index (χ4n) is 2.70. The van der Waals surface area contributed by atoms with Crippen molar-refractivity contribution >= 4 is 33.1 Å². The van der Waals surface area contributed by atoms with Crippen LogP contribution in [0.2, 0.25) is 0 Å². The SMILES string of the molecule is CCCC(=NC(=NC)C(C=C(N)C(F)(F)F)=NCC(=O)OCCN(C)C)c1cccc(S(C)(=O)=O)c1. The Morgan fingerprint density at radius 2 is 1.92 bits per heavy atom. The van der Waals surface area contributed by atoms with Crippen LogP contribution in [0.5, 0.6) is 0 Å². The highest BCUT2D eigenvalue weighted by atomic mass is 32.2. The van der Waals surface area contributed by atoms with E-state index in [1.54, 1.807) is 31.1 Å². The molecule has 0 spiro atoms. The number of hydrogen-bond acceptors (Lipinski definition) is 8. The van der Waals surface area contributed by atoms with Gasteiger partial charge in [0.1, 0.15) is 24.6 Å². The van der Waals surface area contributed by atoms with Crippen molar-refractivity contribution in [3.63, 3.8) is 0 Å². The summed E-state index contributed by atoms with van der Waals surface area (Å²) in [7, 11) is 1.38. The number of rotatable bonds is 11. The number of amidine groups is 1. The lowest BCUT2D eigenvalue weighted by Gasteiger charge is -2.11. The number of allylic oxidation sites excluding steroid dienone is 1. The highest BCUT2D eigenvalue weighted by molar-refractivity contribution is 7.90. The molecule has 0 saturated heterocycles. The van der Waals surface area contributed by atoms with Crippen molar-refractivity contribution in [3.8, 4) is 0 Å². The van der Waals surface area contributed by atoms with Crippen LogP contribution in [0, 0.1) is 0 Å². The second kappa shape index (κ2) is 13.9. The molecule has 1 rings (SSSR count). The Labute approximate surface area is 209 Å². The topological polar surface area (TPSA) is 127 Å². The van der Waals surface area contributed by atoms with Crippen molar-refractivity contribution in [2.45, 2.75) is 30.8 Å². The minimum Gasteiger partial charge on any atom is -0.463 e. The van der Waals surface area contributed by atoms with Crippen LogP contribution in [-0.2, 0) is 19.4 Å². The van der Waals surface area contributed by atoms with Crippen molar-refractivity contribution in [1.82, 2.24) is 4.90 Å².